The van der Waals surface area contributed by atoms with Crippen molar-refractivity contribution in [1.29, 1.82) is 0 Å². The van der Waals surface area contributed by atoms with Crippen LogP contribution in [0.25, 0.3) is 22.4 Å². The number of fused-ring (bicyclic) bond motifs is 1. The summed E-state index contributed by atoms with van der Waals surface area (Å²) >= 11 is 0. The number of halogens is 1. The van der Waals surface area contributed by atoms with Crippen LogP contribution in [0.3, 0.4) is 0 Å². The van der Waals surface area contributed by atoms with E-state index in [1.165, 1.54) is 16.4 Å². The van der Waals surface area contributed by atoms with E-state index >= 15 is 0 Å². The Morgan fingerprint density at radius 1 is 1.00 bits per heavy atom. The van der Waals surface area contributed by atoms with Crippen LogP contribution in [0.5, 0.6) is 0 Å². The number of pyridine rings is 1. The molecule has 0 aliphatic carbocycles. The lowest BCUT2D eigenvalue weighted by atomic mass is 9.98. The van der Waals surface area contributed by atoms with Gasteiger partial charge in [-0.3, -0.25) is 4.98 Å². The van der Waals surface area contributed by atoms with Gasteiger partial charge in [-0.1, -0.05) is 18.2 Å². The van der Waals surface area contributed by atoms with Crippen molar-refractivity contribution >= 4 is 20.9 Å². The summed E-state index contributed by atoms with van der Waals surface area (Å²) in [5.74, 6) is 0.436. The third-order valence-electron chi connectivity index (χ3n) is 5.78. The molecule has 0 N–H and O–H groups in total. The summed E-state index contributed by atoms with van der Waals surface area (Å²) in [5, 5.41) is 9.01. The molecule has 2 aromatic heterocycles. The van der Waals surface area contributed by atoms with Crippen molar-refractivity contribution in [1.82, 2.24) is 19.5 Å². The van der Waals surface area contributed by atoms with Crippen molar-refractivity contribution in [2.24, 2.45) is 0 Å². The molecule has 1 fully saturated rings. The molecule has 1 saturated heterocycles. The topological polar surface area (TPSA) is 89.2 Å². The number of hydrogen-bond donors (Lipinski definition) is 0. The lowest BCUT2D eigenvalue weighted by Crippen LogP contribution is -2.38. The quantitative estimate of drug-likeness (QED) is 0.459. The fourth-order valence-corrected chi connectivity index (χ4v) is 5.64. The van der Waals surface area contributed by atoms with Gasteiger partial charge in [-0.25, -0.2) is 12.8 Å². The fourth-order valence-electron chi connectivity index (χ4n) is 4.02. The highest BCUT2D eigenvalue weighted by atomic mass is 32.2. The Kier molecular flexibility index (Phi) is 5.22. The zero-order valence-corrected chi connectivity index (χ0v) is 18.2. The second-order valence-electron chi connectivity index (χ2n) is 7.91. The van der Waals surface area contributed by atoms with Gasteiger partial charge < -0.3 is 4.42 Å². The van der Waals surface area contributed by atoms with Gasteiger partial charge >= 0.3 is 0 Å². The Labute approximate surface area is 185 Å². The first-order chi connectivity index (χ1) is 15.4. The monoisotopic (exact) mass is 452 g/mol. The van der Waals surface area contributed by atoms with E-state index in [0.29, 0.717) is 48.8 Å². The molecule has 5 rings (SSSR count). The fraction of sp³-hybridized carbons (Fsp3) is 0.261. The van der Waals surface area contributed by atoms with E-state index in [-0.39, 0.29) is 16.6 Å². The van der Waals surface area contributed by atoms with Crippen molar-refractivity contribution in [3.8, 4) is 11.5 Å². The molecular weight excluding hydrogens is 431 g/mol. The van der Waals surface area contributed by atoms with E-state index in [1.54, 1.807) is 24.3 Å². The first-order valence-corrected chi connectivity index (χ1v) is 11.8. The smallest absolute Gasteiger partial charge is 0.247 e. The molecule has 7 nitrogen and oxygen atoms in total. The minimum Gasteiger partial charge on any atom is -0.420 e. The summed E-state index contributed by atoms with van der Waals surface area (Å²) in [7, 11) is -3.68. The van der Waals surface area contributed by atoms with Gasteiger partial charge in [-0.15, -0.1) is 10.2 Å². The van der Waals surface area contributed by atoms with Gasteiger partial charge in [0.15, 0.2) is 0 Å². The van der Waals surface area contributed by atoms with E-state index < -0.39 is 10.0 Å². The van der Waals surface area contributed by atoms with Gasteiger partial charge in [0, 0.05) is 35.7 Å². The zero-order chi connectivity index (χ0) is 22.3. The van der Waals surface area contributed by atoms with Crippen LogP contribution >= 0.6 is 0 Å². The summed E-state index contributed by atoms with van der Waals surface area (Å²) in [6, 6.07) is 14.8. The first kappa shape index (κ1) is 20.7. The first-order valence-electron chi connectivity index (χ1n) is 10.4. The molecule has 1 aliphatic heterocycles. The average Bonchev–Trinajstić information content (AvgIpc) is 3.29. The molecule has 32 heavy (non-hydrogen) atoms. The predicted molar refractivity (Wildman–Crippen MR) is 117 cm³/mol. The van der Waals surface area contributed by atoms with Crippen molar-refractivity contribution in [2.75, 3.05) is 13.1 Å². The Hall–Kier alpha value is -3.17. The van der Waals surface area contributed by atoms with E-state index in [9.17, 15) is 12.8 Å². The molecule has 0 spiro atoms. The second-order valence-corrected chi connectivity index (χ2v) is 9.82. The number of benzene rings is 2. The number of para-hydroxylation sites is 1. The van der Waals surface area contributed by atoms with Gasteiger partial charge in [0.2, 0.25) is 21.8 Å². The van der Waals surface area contributed by atoms with Crippen LogP contribution in [0.15, 0.2) is 63.9 Å². The van der Waals surface area contributed by atoms with Crippen molar-refractivity contribution in [3.63, 3.8) is 0 Å². The normalized spacial score (nSPS) is 15.9. The molecule has 0 bridgehead atoms. The highest BCUT2D eigenvalue weighted by molar-refractivity contribution is 7.89. The molecule has 0 atom stereocenters. The van der Waals surface area contributed by atoms with Crippen LogP contribution in [0.4, 0.5) is 4.39 Å². The van der Waals surface area contributed by atoms with Crippen LogP contribution in [-0.2, 0) is 10.0 Å². The number of hydrogen-bond acceptors (Lipinski definition) is 6. The van der Waals surface area contributed by atoms with Gasteiger partial charge in [0.25, 0.3) is 0 Å². The van der Waals surface area contributed by atoms with Gasteiger partial charge in [0.1, 0.15) is 10.7 Å². The molecule has 0 saturated carbocycles. The highest BCUT2D eigenvalue weighted by Crippen LogP contribution is 2.33. The summed E-state index contributed by atoms with van der Waals surface area (Å²) in [6.45, 7) is 2.55. The van der Waals surface area contributed by atoms with E-state index in [1.807, 2.05) is 25.1 Å². The largest absolute Gasteiger partial charge is 0.420 e. The predicted octanol–water partition coefficient (Wildman–Crippen LogP) is 4.30. The Morgan fingerprint density at radius 2 is 1.75 bits per heavy atom. The summed E-state index contributed by atoms with van der Waals surface area (Å²) < 4.78 is 47.2. The number of rotatable bonds is 4. The van der Waals surface area contributed by atoms with E-state index in [0.717, 1.165) is 11.1 Å². The highest BCUT2D eigenvalue weighted by Gasteiger charge is 2.33. The minimum absolute atomic E-state index is 0.0314. The van der Waals surface area contributed by atoms with Crippen molar-refractivity contribution in [2.45, 2.75) is 30.6 Å². The molecule has 0 unspecified atom stereocenters. The molecule has 0 radical (unpaired) electrons. The van der Waals surface area contributed by atoms with Gasteiger partial charge in [0.05, 0.1) is 5.52 Å². The van der Waals surface area contributed by atoms with Gasteiger partial charge in [-0.2, -0.15) is 4.31 Å². The third-order valence-corrected chi connectivity index (χ3v) is 7.71. The van der Waals surface area contributed by atoms with Crippen LogP contribution in [0.1, 0.15) is 30.3 Å². The molecule has 9 heteroatoms. The Balaban J connectivity index is 1.34. The maximum atomic E-state index is 13.4. The maximum absolute atomic E-state index is 13.4. The molecular formula is C23H21FN4O3S. The average molecular weight is 453 g/mol. The van der Waals surface area contributed by atoms with Crippen LogP contribution in [0.2, 0.25) is 0 Å². The van der Waals surface area contributed by atoms with E-state index in [2.05, 4.69) is 15.2 Å². The Bertz CT molecular complexity index is 1380. The van der Waals surface area contributed by atoms with E-state index in [4.69, 9.17) is 4.42 Å². The number of nitrogens with zero attached hydrogens (tertiary/aromatic N) is 4. The molecule has 0 amide bonds. The summed E-state index contributed by atoms with van der Waals surface area (Å²) in [6.07, 6.45) is 1.14. The molecule has 3 heterocycles. The Morgan fingerprint density at radius 3 is 2.50 bits per heavy atom. The number of piperidine rings is 1. The summed E-state index contributed by atoms with van der Waals surface area (Å²) in [5.41, 5.74) is 1.91. The SMILES string of the molecule is Cc1ccc2cccc(S(=O)(=O)N3CCC(c4nnc(-c5ccc(F)cc5)o4)CC3)c2n1. The lowest BCUT2D eigenvalue weighted by molar-refractivity contribution is 0.291. The number of aryl methyl sites for hydroxylation is 1. The number of sulfonamides is 1. The van der Waals surface area contributed by atoms with Gasteiger partial charge in [-0.05, 0) is 56.2 Å². The lowest BCUT2D eigenvalue weighted by Gasteiger charge is -2.29. The standard InChI is InChI=1S/C23H21FN4O3S/c1-15-5-6-16-3-2-4-20(21(16)25-15)32(29,30)28-13-11-18(12-14-28)23-27-26-22(31-23)17-7-9-19(24)10-8-17/h2-10,18H,11-14H2,1H3. The number of aromatic nitrogens is 3. The third kappa shape index (κ3) is 3.78. The van der Waals surface area contributed by atoms with Crippen LogP contribution in [0, 0.1) is 12.7 Å². The van der Waals surface area contributed by atoms with Crippen LogP contribution in [-0.4, -0.2) is 41.0 Å². The molecule has 4 aromatic rings. The van der Waals surface area contributed by atoms with Crippen LogP contribution < -0.4 is 0 Å². The van der Waals surface area contributed by atoms with Crippen molar-refractivity contribution < 1.29 is 17.2 Å². The minimum atomic E-state index is -3.68. The zero-order valence-electron chi connectivity index (χ0n) is 17.4. The molecule has 2 aromatic carbocycles. The maximum Gasteiger partial charge on any atom is 0.247 e. The summed E-state index contributed by atoms with van der Waals surface area (Å²) in [4.78, 5) is 4.70. The second kappa shape index (κ2) is 8.07. The molecule has 164 valence electrons. The van der Waals surface area contributed by atoms with Crippen molar-refractivity contribution in [3.05, 3.63) is 72.0 Å². The molecule has 1 aliphatic rings.